The van der Waals surface area contributed by atoms with E-state index in [-0.39, 0.29) is 12.2 Å². The van der Waals surface area contributed by atoms with E-state index in [2.05, 4.69) is 14.9 Å². The second kappa shape index (κ2) is 5.71. The lowest BCUT2D eigenvalue weighted by atomic mass is 10.2. The maximum absolute atomic E-state index is 5.89. The van der Waals surface area contributed by atoms with E-state index in [1.807, 2.05) is 13.8 Å². The van der Waals surface area contributed by atoms with Crippen molar-refractivity contribution in [1.82, 2.24) is 9.97 Å². The van der Waals surface area contributed by atoms with Gasteiger partial charge in [-0.15, -0.1) is 11.6 Å². The van der Waals surface area contributed by atoms with E-state index in [1.54, 1.807) is 7.11 Å². The highest BCUT2D eigenvalue weighted by molar-refractivity contribution is 6.18. The minimum absolute atomic E-state index is 0.0378. The van der Waals surface area contributed by atoms with Crippen molar-refractivity contribution in [2.45, 2.75) is 26.1 Å². The maximum atomic E-state index is 5.89. The molecule has 0 aromatic carbocycles. The van der Waals surface area contributed by atoms with Crippen molar-refractivity contribution in [1.29, 1.82) is 0 Å². The third-order valence-electron chi connectivity index (χ3n) is 3.00. The predicted molar refractivity (Wildman–Crippen MR) is 70.6 cm³/mol. The molecule has 0 amide bonds. The van der Waals surface area contributed by atoms with Gasteiger partial charge in [0.15, 0.2) is 0 Å². The summed E-state index contributed by atoms with van der Waals surface area (Å²) in [5.74, 6) is 2.00. The van der Waals surface area contributed by atoms with Gasteiger partial charge in [0, 0.05) is 13.1 Å². The Bertz CT molecular complexity index is 416. The zero-order chi connectivity index (χ0) is 13.1. The van der Waals surface area contributed by atoms with Crippen LogP contribution in [-0.4, -0.2) is 48.3 Å². The molecule has 1 saturated heterocycles. The highest BCUT2D eigenvalue weighted by atomic mass is 35.5. The summed E-state index contributed by atoms with van der Waals surface area (Å²) in [4.78, 5) is 10.6. The predicted octanol–water partition coefficient (Wildman–Crippen LogP) is 1.63. The van der Waals surface area contributed by atoms with Gasteiger partial charge in [-0.25, -0.2) is 9.97 Å². The van der Waals surface area contributed by atoms with Crippen LogP contribution in [0.5, 0.6) is 5.88 Å². The molecule has 6 heteroatoms. The third kappa shape index (κ3) is 2.67. The first-order chi connectivity index (χ1) is 8.65. The number of halogens is 1. The molecule has 1 aromatic rings. The lowest BCUT2D eigenvalue weighted by Crippen LogP contribution is -2.48. The molecule has 1 aliphatic rings. The minimum atomic E-state index is 0.0378. The summed E-state index contributed by atoms with van der Waals surface area (Å²) in [7, 11) is 1.61. The quantitative estimate of drug-likeness (QED) is 0.782. The molecular formula is C12H18ClN3O2. The molecule has 18 heavy (non-hydrogen) atoms. The number of nitrogens with zero attached hydrogens (tertiary/aromatic N) is 3. The first-order valence-corrected chi connectivity index (χ1v) is 6.51. The Labute approximate surface area is 112 Å². The van der Waals surface area contributed by atoms with Crippen LogP contribution < -0.4 is 9.64 Å². The second-order valence-electron chi connectivity index (χ2n) is 4.46. The summed E-state index contributed by atoms with van der Waals surface area (Å²) in [5.41, 5.74) is 0.947. The Hall–Kier alpha value is -1.07. The molecule has 0 spiro atoms. The van der Waals surface area contributed by atoms with E-state index in [0.717, 1.165) is 24.5 Å². The number of hydrogen-bond acceptors (Lipinski definition) is 5. The van der Waals surface area contributed by atoms with E-state index in [4.69, 9.17) is 21.1 Å². The third-order valence-corrected chi connectivity index (χ3v) is 3.35. The van der Waals surface area contributed by atoms with Crippen LogP contribution in [0.1, 0.15) is 12.5 Å². The van der Waals surface area contributed by atoms with Gasteiger partial charge in [-0.05, 0) is 13.8 Å². The van der Waals surface area contributed by atoms with Crippen molar-refractivity contribution in [3.63, 3.8) is 0 Å². The molecule has 0 aliphatic carbocycles. The van der Waals surface area contributed by atoms with Crippen LogP contribution in [0, 0.1) is 6.92 Å². The Balaban J connectivity index is 2.25. The molecular weight excluding hydrogens is 254 g/mol. The van der Waals surface area contributed by atoms with Gasteiger partial charge in [-0.1, -0.05) is 0 Å². The van der Waals surface area contributed by atoms with Crippen molar-refractivity contribution in [2.75, 3.05) is 31.0 Å². The first-order valence-electron chi connectivity index (χ1n) is 5.97. The number of rotatable bonds is 3. The van der Waals surface area contributed by atoms with Crippen molar-refractivity contribution < 1.29 is 9.47 Å². The van der Waals surface area contributed by atoms with Gasteiger partial charge < -0.3 is 14.4 Å². The van der Waals surface area contributed by atoms with Gasteiger partial charge in [-0.3, -0.25) is 0 Å². The summed E-state index contributed by atoms with van der Waals surface area (Å²) in [6.45, 7) is 5.55. The van der Waals surface area contributed by atoms with E-state index in [9.17, 15) is 0 Å². The molecule has 2 rings (SSSR count). The fourth-order valence-corrected chi connectivity index (χ4v) is 2.42. The number of hydrogen-bond donors (Lipinski definition) is 0. The normalized spacial score (nSPS) is 24.1. The number of morpholine rings is 1. The summed E-state index contributed by atoms with van der Waals surface area (Å²) in [5, 5.41) is 0. The van der Waals surface area contributed by atoms with Crippen molar-refractivity contribution in [3.8, 4) is 5.88 Å². The van der Waals surface area contributed by atoms with Crippen LogP contribution in [0.25, 0.3) is 0 Å². The highest BCUT2D eigenvalue weighted by Gasteiger charge is 2.27. The highest BCUT2D eigenvalue weighted by Crippen LogP contribution is 2.26. The first kappa shape index (κ1) is 13.4. The Kier molecular flexibility index (Phi) is 4.24. The molecule has 2 atom stereocenters. The van der Waals surface area contributed by atoms with Crippen LogP contribution in [0.2, 0.25) is 0 Å². The lowest BCUT2D eigenvalue weighted by molar-refractivity contribution is -0.00363. The van der Waals surface area contributed by atoms with Gasteiger partial charge in [0.05, 0.1) is 30.8 Å². The van der Waals surface area contributed by atoms with Gasteiger partial charge in [0.1, 0.15) is 12.1 Å². The average Bonchev–Trinajstić information content (AvgIpc) is 2.38. The summed E-state index contributed by atoms with van der Waals surface area (Å²) in [6.07, 6.45) is 1.70. The van der Waals surface area contributed by atoms with Gasteiger partial charge in [0.25, 0.3) is 0 Å². The van der Waals surface area contributed by atoms with Crippen molar-refractivity contribution in [2.24, 2.45) is 0 Å². The fourth-order valence-electron chi connectivity index (χ4n) is 2.25. The van der Waals surface area contributed by atoms with Gasteiger partial charge in [-0.2, -0.15) is 0 Å². The number of alkyl halides is 1. The molecule has 2 heterocycles. The number of aromatic nitrogens is 2. The van der Waals surface area contributed by atoms with Gasteiger partial charge >= 0.3 is 0 Å². The zero-order valence-electron chi connectivity index (χ0n) is 10.9. The monoisotopic (exact) mass is 271 g/mol. The van der Waals surface area contributed by atoms with Crippen molar-refractivity contribution in [3.05, 3.63) is 11.9 Å². The summed E-state index contributed by atoms with van der Waals surface area (Å²) < 4.78 is 11.0. The molecule has 0 bridgehead atoms. The molecule has 2 unspecified atom stereocenters. The molecule has 0 N–H and O–H groups in total. The van der Waals surface area contributed by atoms with Crippen LogP contribution in [0.15, 0.2) is 6.33 Å². The smallest absolute Gasteiger partial charge is 0.221 e. The fraction of sp³-hybridized carbons (Fsp3) is 0.667. The molecule has 100 valence electrons. The maximum Gasteiger partial charge on any atom is 0.221 e. The Morgan fingerprint density at radius 1 is 1.50 bits per heavy atom. The summed E-state index contributed by atoms with van der Waals surface area (Å²) in [6, 6.07) is 0. The topological polar surface area (TPSA) is 47.5 Å². The molecule has 1 aromatic heterocycles. The van der Waals surface area contributed by atoms with Crippen LogP contribution in [0.4, 0.5) is 5.82 Å². The minimum Gasteiger partial charge on any atom is -0.481 e. The molecule has 5 nitrogen and oxygen atoms in total. The Morgan fingerprint density at radius 3 is 2.94 bits per heavy atom. The number of methoxy groups -OCH3 is 1. The van der Waals surface area contributed by atoms with E-state index >= 15 is 0 Å². The van der Waals surface area contributed by atoms with Crippen molar-refractivity contribution >= 4 is 17.4 Å². The Morgan fingerprint density at radius 2 is 2.28 bits per heavy atom. The van der Waals surface area contributed by atoms with E-state index in [1.165, 1.54) is 6.33 Å². The molecule has 1 fully saturated rings. The number of anilines is 1. The van der Waals surface area contributed by atoms with Crippen LogP contribution in [-0.2, 0) is 4.74 Å². The second-order valence-corrected chi connectivity index (χ2v) is 4.77. The van der Waals surface area contributed by atoms with Crippen LogP contribution in [0.3, 0.4) is 0 Å². The number of ether oxygens (including phenoxy) is 2. The van der Waals surface area contributed by atoms with Gasteiger partial charge in [0.2, 0.25) is 5.88 Å². The zero-order valence-corrected chi connectivity index (χ0v) is 11.6. The van der Waals surface area contributed by atoms with E-state index < -0.39 is 0 Å². The van der Waals surface area contributed by atoms with Crippen LogP contribution >= 0.6 is 11.6 Å². The largest absolute Gasteiger partial charge is 0.481 e. The molecule has 0 radical (unpaired) electrons. The SMILES string of the molecule is COc1ncnc(N2CC(C)OC(CCl)C2)c1C. The standard InChI is InChI=1S/C12H18ClN3O2/c1-8-5-16(6-10(4-13)18-8)11-9(2)12(17-3)15-7-14-11/h7-8,10H,4-6H2,1-3H3. The van der Waals surface area contributed by atoms with E-state index in [0.29, 0.717) is 11.8 Å². The average molecular weight is 272 g/mol. The molecule has 1 aliphatic heterocycles. The summed E-state index contributed by atoms with van der Waals surface area (Å²) >= 11 is 5.89. The molecule has 0 saturated carbocycles. The lowest BCUT2D eigenvalue weighted by Gasteiger charge is -2.37.